The maximum atomic E-state index is 11.3. The predicted octanol–water partition coefficient (Wildman–Crippen LogP) is 3.17. The summed E-state index contributed by atoms with van der Waals surface area (Å²) in [6.07, 6.45) is 3.36. The van der Waals surface area contributed by atoms with Gasteiger partial charge in [-0.15, -0.1) is 11.8 Å². The van der Waals surface area contributed by atoms with Crippen LogP contribution in [0.4, 0.5) is 4.79 Å². The molecule has 0 radical (unpaired) electrons. The van der Waals surface area contributed by atoms with Crippen molar-refractivity contribution in [1.82, 2.24) is 4.90 Å². The van der Waals surface area contributed by atoms with Gasteiger partial charge in [-0.3, -0.25) is 4.79 Å². The summed E-state index contributed by atoms with van der Waals surface area (Å²) in [5.74, 6) is -0.233. The second-order valence-electron chi connectivity index (χ2n) is 6.18. The zero-order valence-corrected chi connectivity index (χ0v) is 13.9. The molecule has 1 amide bonds. The van der Waals surface area contributed by atoms with Crippen molar-refractivity contribution in [2.24, 2.45) is 0 Å². The maximum Gasteiger partial charge on any atom is 0.407 e. The highest BCUT2D eigenvalue weighted by Gasteiger charge is 2.43. The molecule has 124 valence electrons. The van der Waals surface area contributed by atoms with E-state index in [9.17, 15) is 14.7 Å². The number of benzene rings is 1. The highest BCUT2D eigenvalue weighted by molar-refractivity contribution is 8.00. The monoisotopic (exact) mass is 335 g/mol. The third kappa shape index (κ3) is 3.63. The minimum Gasteiger partial charge on any atom is -0.469 e. The number of ether oxygens (including phenoxy) is 1. The maximum absolute atomic E-state index is 11.3. The Kier molecular flexibility index (Phi) is 4.80. The van der Waals surface area contributed by atoms with Gasteiger partial charge in [-0.2, -0.15) is 0 Å². The molecule has 2 heterocycles. The number of carbonyl (C=O) groups excluding carboxylic acids is 1. The lowest BCUT2D eigenvalue weighted by molar-refractivity contribution is -0.139. The first-order valence-electron chi connectivity index (χ1n) is 7.90. The first kappa shape index (κ1) is 16.2. The van der Waals surface area contributed by atoms with Crippen LogP contribution < -0.4 is 0 Å². The molecule has 0 aliphatic carbocycles. The van der Waals surface area contributed by atoms with E-state index < -0.39 is 6.09 Å². The van der Waals surface area contributed by atoms with Gasteiger partial charge < -0.3 is 14.7 Å². The summed E-state index contributed by atoms with van der Waals surface area (Å²) >= 11 is 1.82. The number of rotatable bonds is 4. The summed E-state index contributed by atoms with van der Waals surface area (Å²) in [4.78, 5) is 25.4. The molecule has 3 atom stereocenters. The summed E-state index contributed by atoms with van der Waals surface area (Å²) in [6, 6.07) is 8.35. The number of fused-ring (bicyclic) bond motifs is 2. The van der Waals surface area contributed by atoms with Crippen LogP contribution in [-0.4, -0.2) is 46.5 Å². The van der Waals surface area contributed by atoms with E-state index in [-0.39, 0.29) is 18.1 Å². The molecule has 2 aliphatic rings. The van der Waals surface area contributed by atoms with Gasteiger partial charge in [-0.25, -0.2) is 4.79 Å². The van der Waals surface area contributed by atoms with Gasteiger partial charge in [0.1, 0.15) is 0 Å². The molecule has 0 saturated carbocycles. The van der Waals surface area contributed by atoms with E-state index in [4.69, 9.17) is 0 Å². The lowest BCUT2D eigenvalue weighted by atomic mass is 10.0. The number of thioether (sulfide) groups is 1. The standard InChI is InChI=1S/C17H21NO4S/c1-22-16(19)8-11-2-6-14(7-3-11)23-15-9-12-4-5-13(10-15)18(12)17(20)21/h2-3,6-7,12-13,15H,4-5,8-10H2,1H3,(H,20,21)/t12-,13+,15+. The fourth-order valence-corrected chi connectivity index (χ4v) is 4.97. The van der Waals surface area contributed by atoms with Crippen LogP contribution in [0.2, 0.25) is 0 Å². The van der Waals surface area contributed by atoms with Crippen molar-refractivity contribution >= 4 is 23.8 Å². The minimum absolute atomic E-state index is 0.183. The van der Waals surface area contributed by atoms with E-state index in [2.05, 4.69) is 4.74 Å². The van der Waals surface area contributed by atoms with E-state index in [1.165, 1.54) is 12.0 Å². The molecule has 1 aromatic carbocycles. The first-order valence-corrected chi connectivity index (χ1v) is 8.78. The summed E-state index contributed by atoms with van der Waals surface area (Å²) in [6.45, 7) is 0. The predicted molar refractivity (Wildman–Crippen MR) is 87.7 cm³/mol. The minimum atomic E-state index is -0.770. The van der Waals surface area contributed by atoms with Crippen molar-refractivity contribution in [1.29, 1.82) is 0 Å². The Balaban J connectivity index is 1.58. The van der Waals surface area contributed by atoms with Gasteiger partial charge in [0.2, 0.25) is 0 Å². The summed E-state index contributed by atoms with van der Waals surface area (Å²) in [5.41, 5.74) is 0.946. The number of hydrogen-bond acceptors (Lipinski definition) is 4. The third-order valence-electron chi connectivity index (χ3n) is 4.71. The van der Waals surface area contributed by atoms with Crippen molar-refractivity contribution in [3.63, 3.8) is 0 Å². The molecule has 2 bridgehead atoms. The normalized spacial score (nSPS) is 26.1. The van der Waals surface area contributed by atoms with Crippen LogP contribution in [0, 0.1) is 0 Å². The van der Waals surface area contributed by atoms with Crippen molar-refractivity contribution in [3.05, 3.63) is 29.8 Å². The molecule has 1 aromatic rings. The van der Waals surface area contributed by atoms with Gasteiger partial charge in [0.25, 0.3) is 0 Å². The van der Waals surface area contributed by atoms with E-state index in [1.807, 2.05) is 36.0 Å². The number of piperidine rings is 1. The highest BCUT2D eigenvalue weighted by Crippen LogP contribution is 2.42. The van der Waals surface area contributed by atoms with Gasteiger partial charge >= 0.3 is 12.1 Å². The van der Waals surface area contributed by atoms with Gasteiger partial charge in [0, 0.05) is 22.2 Å². The Hall–Kier alpha value is -1.69. The molecule has 0 spiro atoms. The van der Waals surface area contributed by atoms with E-state index in [0.717, 1.165) is 31.2 Å². The third-order valence-corrected chi connectivity index (χ3v) is 5.98. The molecular formula is C17H21NO4S. The Morgan fingerprint density at radius 1 is 1.22 bits per heavy atom. The smallest absolute Gasteiger partial charge is 0.407 e. The van der Waals surface area contributed by atoms with Gasteiger partial charge in [0.05, 0.1) is 13.5 Å². The van der Waals surface area contributed by atoms with E-state index >= 15 is 0 Å². The molecule has 6 heteroatoms. The Bertz CT molecular complexity index is 575. The Morgan fingerprint density at radius 3 is 2.35 bits per heavy atom. The fourth-order valence-electron chi connectivity index (χ4n) is 3.65. The zero-order valence-electron chi connectivity index (χ0n) is 13.1. The van der Waals surface area contributed by atoms with Crippen LogP contribution in [-0.2, 0) is 16.0 Å². The van der Waals surface area contributed by atoms with E-state index in [0.29, 0.717) is 11.7 Å². The molecule has 0 unspecified atom stereocenters. The SMILES string of the molecule is COC(=O)Cc1ccc(S[C@H]2C[C@H]3CC[C@@H](C2)N3C(=O)O)cc1. The summed E-state index contributed by atoms with van der Waals surface area (Å²) in [7, 11) is 1.39. The number of amides is 1. The van der Waals surface area contributed by atoms with Crippen molar-refractivity contribution in [3.8, 4) is 0 Å². The summed E-state index contributed by atoms with van der Waals surface area (Å²) < 4.78 is 4.67. The Morgan fingerprint density at radius 2 is 1.83 bits per heavy atom. The number of methoxy groups -OCH3 is 1. The van der Waals surface area contributed by atoms with Gasteiger partial charge in [-0.1, -0.05) is 12.1 Å². The molecule has 0 aromatic heterocycles. The summed E-state index contributed by atoms with van der Waals surface area (Å²) in [5, 5.41) is 9.77. The van der Waals surface area contributed by atoms with Crippen LogP contribution >= 0.6 is 11.8 Å². The average molecular weight is 335 g/mol. The molecule has 23 heavy (non-hydrogen) atoms. The second-order valence-corrected chi connectivity index (χ2v) is 7.56. The van der Waals surface area contributed by atoms with Crippen molar-refractivity contribution in [2.75, 3.05) is 7.11 Å². The van der Waals surface area contributed by atoms with Crippen LogP contribution in [0.3, 0.4) is 0 Å². The van der Waals surface area contributed by atoms with Crippen LogP contribution in [0.5, 0.6) is 0 Å². The van der Waals surface area contributed by atoms with Gasteiger partial charge in [-0.05, 0) is 43.4 Å². The first-order chi connectivity index (χ1) is 11.1. The number of carboxylic acid groups (broad SMARTS) is 1. The molecular weight excluding hydrogens is 314 g/mol. The van der Waals surface area contributed by atoms with Crippen LogP contribution in [0.1, 0.15) is 31.2 Å². The molecule has 2 fully saturated rings. The molecule has 2 aliphatic heterocycles. The topological polar surface area (TPSA) is 66.8 Å². The molecule has 2 saturated heterocycles. The van der Waals surface area contributed by atoms with Crippen molar-refractivity contribution < 1.29 is 19.4 Å². The quantitative estimate of drug-likeness (QED) is 0.856. The molecule has 5 nitrogen and oxygen atoms in total. The van der Waals surface area contributed by atoms with Crippen LogP contribution in [0.25, 0.3) is 0 Å². The van der Waals surface area contributed by atoms with Crippen LogP contribution in [0.15, 0.2) is 29.2 Å². The zero-order chi connectivity index (χ0) is 16.4. The number of nitrogens with zero attached hydrogens (tertiary/aromatic N) is 1. The lowest BCUT2D eigenvalue weighted by Crippen LogP contribution is -2.46. The number of esters is 1. The van der Waals surface area contributed by atoms with E-state index in [1.54, 1.807) is 4.90 Å². The molecule has 1 N–H and O–H groups in total. The van der Waals surface area contributed by atoms with Gasteiger partial charge in [0.15, 0.2) is 0 Å². The highest BCUT2D eigenvalue weighted by atomic mass is 32.2. The molecule has 3 rings (SSSR count). The number of carbonyl (C=O) groups is 2. The second kappa shape index (κ2) is 6.83. The van der Waals surface area contributed by atoms with Crippen molar-refractivity contribution in [2.45, 2.75) is 54.3 Å². The fraction of sp³-hybridized carbons (Fsp3) is 0.529. The largest absolute Gasteiger partial charge is 0.469 e. The average Bonchev–Trinajstić information content (AvgIpc) is 2.81. The lowest BCUT2D eigenvalue weighted by Gasteiger charge is -2.36. The number of hydrogen-bond donors (Lipinski definition) is 1. The Labute approximate surface area is 140 Å².